The predicted molar refractivity (Wildman–Crippen MR) is 111 cm³/mol. The highest BCUT2D eigenvalue weighted by Crippen LogP contribution is 2.18. The SMILES string of the molecule is CCC[C@H](NC(=O)COC(=O)/C(=C/c1ccccc1)NC(C)=O)c1ccccc1. The van der Waals surface area contributed by atoms with Gasteiger partial charge < -0.3 is 15.4 Å². The number of ether oxygens (including phenoxy) is 1. The van der Waals surface area contributed by atoms with Gasteiger partial charge in [0.25, 0.3) is 5.91 Å². The molecule has 0 unspecified atom stereocenters. The molecule has 2 aromatic rings. The molecule has 0 saturated carbocycles. The first-order valence-electron chi connectivity index (χ1n) is 9.55. The molecule has 0 fully saturated rings. The van der Waals surface area contributed by atoms with E-state index in [0.717, 1.165) is 24.0 Å². The van der Waals surface area contributed by atoms with Crippen molar-refractivity contribution in [3.63, 3.8) is 0 Å². The van der Waals surface area contributed by atoms with Gasteiger partial charge in [0.15, 0.2) is 6.61 Å². The highest BCUT2D eigenvalue weighted by atomic mass is 16.5. The molecule has 2 amide bonds. The second-order valence-electron chi connectivity index (χ2n) is 6.55. The van der Waals surface area contributed by atoms with Crippen LogP contribution < -0.4 is 10.6 Å². The first-order chi connectivity index (χ1) is 14.0. The summed E-state index contributed by atoms with van der Waals surface area (Å²) in [5.41, 5.74) is 1.70. The van der Waals surface area contributed by atoms with Crippen LogP contribution in [0.25, 0.3) is 6.08 Å². The standard InChI is InChI=1S/C23H26N2O4/c1-3-10-20(19-13-8-5-9-14-19)25-22(27)16-29-23(28)21(24-17(2)26)15-18-11-6-4-7-12-18/h4-9,11-15,20H,3,10,16H2,1-2H3,(H,24,26)(H,25,27)/b21-15-/t20-/m0/s1. The molecule has 152 valence electrons. The summed E-state index contributed by atoms with van der Waals surface area (Å²) in [7, 11) is 0. The molecule has 0 spiro atoms. The van der Waals surface area contributed by atoms with Crippen LogP contribution in [-0.2, 0) is 19.1 Å². The molecule has 0 aliphatic rings. The van der Waals surface area contributed by atoms with Gasteiger partial charge in [-0.1, -0.05) is 74.0 Å². The number of carbonyl (C=O) groups excluding carboxylic acids is 3. The van der Waals surface area contributed by atoms with Gasteiger partial charge in [-0.25, -0.2) is 4.79 Å². The number of esters is 1. The minimum Gasteiger partial charge on any atom is -0.451 e. The highest BCUT2D eigenvalue weighted by molar-refractivity contribution is 5.98. The average molecular weight is 394 g/mol. The first kappa shape index (κ1) is 21.9. The Morgan fingerprint density at radius 2 is 1.62 bits per heavy atom. The van der Waals surface area contributed by atoms with E-state index in [-0.39, 0.29) is 11.7 Å². The Morgan fingerprint density at radius 1 is 1.00 bits per heavy atom. The third-order valence-electron chi connectivity index (χ3n) is 4.09. The largest absolute Gasteiger partial charge is 0.451 e. The Kier molecular flexibility index (Phi) is 8.63. The third kappa shape index (κ3) is 7.62. The Hall–Kier alpha value is -3.41. The lowest BCUT2D eigenvalue weighted by molar-refractivity contribution is -0.145. The lowest BCUT2D eigenvalue weighted by Crippen LogP contribution is -2.34. The number of hydrogen-bond acceptors (Lipinski definition) is 4. The Labute approximate surface area is 171 Å². The molecule has 1 atom stereocenters. The Balaban J connectivity index is 2.00. The molecule has 0 radical (unpaired) electrons. The molecule has 0 aliphatic carbocycles. The lowest BCUT2D eigenvalue weighted by Gasteiger charge is -2.18. The summed E-state index contributed by atoms with van der Waals surface area (Å²) in [6, 6.07) is 18.5. The average Bonchev–Trinajstić information content (AvgIpc) is 2.72. The smallest absolute Gasteiger partial charge is 0.355 e. The predicted octanol–water partition coefficient (Wildman–Crippen LogP) is 3.36. The van der Waals surface area contributed by atoms with Gasteiger partial charge in [-0.3, -0.25) is 9.59 Å². The van der Waals surface area contributed by atoms with Gasteiger partial charge in [-0.2, -0.15) is 0 Å². The minimum absolute atomic E-state index is 0.0235. The second-order valence-corrected chi connectivity index (χ2v) is 6.55. The van der Waals surface area contributed by atoms with E-state index in [1.54, 1.807) is 12.1 Å². The van der Waals surface area contributed by atoms with Crippen molar-refractivity contribution in [1.82, 2.24) is 10.6 Å². The topological polar surface area (TPSA) is 84.5 Å². The number of benzene rings is 2. The summed E-state index contributed by atoms with van der Waals surface area (Å²) in [6.07, 6.45) is 3.17. The fourth-order valence-electron chi connectivity index (χ4n) is 2.79. The normalized spacial score (nSPS) is 12.0. The number of nitrogens with one attached hydrogen (secondary N) is 2. The van der Waals surface area contributed by atoms with Crippen LogP contribution in [0.2, 0.25) is 0 Å². The Bertz CT molecular complexity index is 848. The fraction of sp³-hybridized carbons (Fsp3) is 0.261. The van der Waals surface area contributed by atoms with Crippen LogP contribution in [-0.4, -0.2) is 24.4 Å². The summed E-state index contributed by atoms with van der Waals surface area (Å²) >= 11 is 0. The van der Waals surface area contributed by atoms with Crippen molar-refractivity contribution in [2.45, 2.75) is 32.7 Å². The number of amides is 2. The second kappa shape index (κ2) is 11.4. The van der Waals surface area contributed by atoms with E-state index >= 15 is 0 Å². The molecule has 29 heavy (non-hydrogen) atoms. The van der Waals surface area contributed by atoms with E-state index in [0.29, 0.717) is 0 Å². The molecule has 0 heterocycles. The van der Waals surface area contributed by atoms with E-state index in [1.807, 2.05) is 55.5 Å². The van der Waals surface area contributed by atoms with Crippen LogP contribution in [0.3, 0.4) is 0 Å². The third-order valence-corrected chi connectivity index (χ3v) is 4.09. The molecule has 0 bridgehead atoms. The van der Waals surface area contributed by atoms with Gasteiger partial charge in [0.05, 0.1) is 6.04 Å². The summed E-state index contributed by atoms with van der Waals surface area (Å²) < 4.78 is 5.12. The molecule has 0 saturated heterocycles. The molecular formula is C23H26N2O4. The minimum atomic E-state index is -0.772. The molecule has 0 aliphatic heterocycles. The van der Waals surface area contributed by atoms with E-state index < -0.39 is 24.4 Å². The van der Waals surface area contributed by atoms with Gasteiger partial charge in [0, 0.05) is 6.92 Å². The zero-order valence-electron chi connectivity index (χ0n) is 16.7. The molecule has 2 aromatic carbocycles. The van der Waals surface area contributed by atoms with E-state index in [1.165, 1.54) is 13.0 Å². The summed E-state index contributed by atoms with van der Waals surface area (Å²) in [6.45, 7) is 2.90. The zero-order chi connectivity index (χ0) is 21.1. The van der Waals surface area contributed by atoms with Gasteiger partial charge in [0.2, 0.25) is 5.91 Å². The van der Waals surface area contributed by atoms with Crippen molar-refractivity contribution in [3.05, 3.63) is 77.5 Å². The molecule has 6 heteroatoms. The van der Waals surface area contributed by atoms with Crippen molar-refractivity contribution in [2.75, 3.05) is 6.61 Å². The van der Waals surface area contributed by atoms with Gasteiger partial charge in [-0.15, -0.1) is 0 Å². The molecule has 6 nitrogen and oxygen atoms in total. The maximum Gasteiger partial charge on any atom is 0.355 e. The lowest BCUT2D eigenvalue weighted by atomic mass is 10.0. The summed E-state index contributed by atoms with van der Waals surface area (Å²) in [5.74, 6) is -1.57. The zero-order valence-corrected chi connectivity index (χ0v) is 16.7. The quantitative estimate of drug-likeness (QED) is 0.504. The number of hydrogen-bond donors (Lipinski definition) is 2. The molecule has 2 N–H and O–H groups in total. The van der Waals surface area contributed by atoms with Crippen LogP contribution in [0.5, 0.6) is 0 Å². The summed E-state index contributed by atoms with van der Waals surface area (Å²) in [4.78, 5) is 36.1. The maximum absolute atomic E-state index is 12.4. The highest BCUT2D eigenvalue weighted by Gasteiger charge is 2.17. The van der Waals surface area contributed by atoms with Gasteiger partial charge in [0.1, 0.15) is 5.70 Å². The molecule has 0 aromatic heterocycles. The molecule has 2 rings (SSSR count). The van der Waals surface area contributed by atoms with Crippen molar-refractivity contribution >= 4 is 23.9 Å². The van der Waals surface area contributed by atoms with E-state index in [2.05, 4.69) is 10.6 Å². The van der Waals surface area contributed by atoms with E-state index in [4.69, 9.17) is 4.74 Å². The maximum atomic E-state index is 12.4. The Morgan fingerprint density at radius 3 is 2.21 bits per heavy atom. The fourth-order valence-corrected chi connectivity index (χ4v) is 2.79. The van der Waals surface area contributed by atoms with Crippen LogP contribution in [0, 0.1) is 0 Å². The van der Waals surface area contributed by atoms with Crippen LogP contribution in [0.1, 0.15) is 43.9 Å². The first-order valence-corrected chi connectivity index (χ1v) is 9.55. The number of carbonyl (C=O) groups is 3. The van der Waals surface area contributed by atoms with Crippen LogP contribution in [0.4, 0.5) is 0 Å². The molecular weight excluding hydrogens is 368 g/mol. The summed E-state index contributed by atoms with van der Waals surface area (Å²) in [5, 5.41) is 5.35. The van der Waals surface area contributed by atoms with Crippen molar-refractivity contribution in [2.24, 2.45) is 0 Å². The number of rotatable bonds is 9. The monoisotopic (exact) mass is 394 g/mol. The van der Waals surface area contributed by atoms with Gasteiger partial charge in [-0.05, 0) is 23.6 Å². The van der Waals surface area contributed by atoms with Crippen LogP contribution >= 0.6 is 0 Å². The van der Waals surface area contributed by atoms with Crippen LogP contribution in [0.15, 0.2) is 66.4 Å². The van der Waals surface area contributed by atoms with Crippen molar-refractivity contribution in [1.29, 1.82) is 0 Å². The van der Waals surface area contributed by atoms with Crippen molar-refractivity contribution in [3.8, 4) is 0 Å². The van der Waals surface area contributed by atoms with Crippen molar-refractivity contribution < 1.29 is 19.1 Å². The van der Waals surface area contributed by atoms with Gasteiger partial charge >= 0.3 is 5.97 Å². The van der Waals surface area contributed by atoms with E-state index in [9.17, 15) is 14.4 Å².